The van der Waals surface area contributed by atoms with Gasteiger partial charge in [0.25, 0.3) is 0 Å². The van der Waals surface area contributed by atoms with E-state index in [4.69, 9.17) is 25.1 Å². The minimum atomic E-state index is -2.24. The molecule has 2 aromatic rings. The quantitative estimate of drug-likeness (QED) is 0.191. The Kier molecular flexibility index (Phi) is 10.6. The molecule has 1 heterocycles. The van der Waals surface area contributed by atoms with Crippen LogP contribution in [0, 0.1) is 0 Å². The van der Waals surface area contributed by atoms with E-state index >= 15 is 0 Å². The van der Waals surface area contributed by atoms with Crippen molar-refractivity contribution in [3.05, 3.63) is 51.6 Å². The summed E-state index contributed by atoms with van der Waals surface area (Å²) in [6, 6.07) is 3.64. The molecule has 2 aromatic carbocycles. The number of phenolic OH excluding ortho intramolecular Hbond substituents is 2. The molecule has 3 aliphatic rings. The van der Waals surface area contributed by atoms with Gasteiger partial charge in [0.15, 0.2) is 17.9 Å². The van der Waals surface area contributed by atoms with E-state index in [9.17, 15) is 39.9 Å². The predicted molar refractivity (Wildman–Crippen MR) is 152 cm³/mol. The van der Waals surface area contributed by atoms with Crippen molar-refractivity contribution in [2.24, 2.45) is 5.73 Å². The zero-order valence-corrected chi connectivity index (χ0v) is 24.6. The van der Waals surface area contributed by atoms with Gasteiger partial charge in [-0.05, 0) is 19.9 Å². The van der Waals surface area contributed by atoms with Crippen LogP contribution in [0.1, 0.15) is 75.8 Å². The van der Waals surface area contributed by atoms with Crippen LogP contribution in [0.5, 0.6) is 17.2 Å². The van der Waals surface area contributed by atoms with Gasteiger partial charge in [0, 0.05) is 48.6 Å². The molecule has 236 valence electrons. The SMILES string of the molecule is CCO.COc1cccc2c1C(=O)c1c(O)c3c(c(O)c1C2=O)C[C@@](O)(C(=O)CO)C[C@@H]3O[C@H]1C[C@H](N)[C@H](O)[C@H](C)O1.Cl. The Morgan fingerprint density at radius 2 is 1.74 bits per heavy atom. The van der Waals surface area contributed by atoms with Crippen LogP contribution in [0.25, 0.3) is 0 Å². The zero-order valence-electron chi connectivity index (χ0n) is 23.8. The number of hydrogen-bond acceptors (Lipinski definition) is 13. The second-order valence-electron chi connectivity index (χ2n) is 10.5. The number of hydrogen-bond donors (Lipinski definition) is 7. The third-order valence-electron chi connectivity index (χ3n) is 7.81. The molecular weight excluding hydrogens is 590 g/mol. The summed E-state index contributed by atoms with van der Waals surface area (Å²) in [5, 5.41) is 61.3. The fourth-order valence-electron chi connectivity index (χ4n) is 5.75. The average Bonchev–Trinajstić information content (AvgIpc) is 2.95. The van der Waals surface area contributed by atoms with Crippen molar-refractivity contribution < 1.29 is 59.2 Å². The molecule has 5 rings (SSSR count). The zero-order chi connectivity index (χ0) is 31.1. The smallest absolute Gasteiger partial charge is 0.202 e. The van der Waals surface area contributed by atoms with Gasteiger partial charge < -0.3 is 50.6 Å². The highest BCUT2D eigenvalue weighted by molar-refractivity contribution is 6.31. The largest absolute Gasteiger partial charge is 0.507 e. The lowest BCUT2D eigenvalue weighted by molar-refractivity contribution is -0.247. The van der Waals surface area contributed by atoms with Gasteiger partial charge in [-0.15, -0.1) is 12.4 Å². The Bertz CT molecular complexity index is 1400. The van der Waals surface area contributed by atoms with Crippen molar-refractivity contribution in [1.82, 2.24) is 0 Å². The van der Waals surface area contributed by atoms with E-state index in [0.717, 1.165) is 0 Å². The van der Waals surface area contributed by atoms with E-state index < -0.39 is 95.7 Å². The van der Waals surface area contributed by atoms with Crippen LogP contribution in [0.15, 0.2) is 18.2 Å². The number of carbonyl (C=O) groups excluding carboxylic acids is 3. The maximum absolute atomic E-state index is 13.6. The Balaban J connectivity index is 0.00000121. The standard InChI is InChI=1S/C27H29NO11.C2H6O.ClH/c1-10-22(31)13(28)6-17(38-10)39-15-8-27(36,16(30)9-29)7-12-19(15)26(35)21-20(24(12)33)23(32)11-4-3-5-14(37-2)18(11)25(21)34;1-2-3;/h3-5,10,13,15,17,22,29,31,33,35-36H,6-9,28H2,1-2H3;3H,2H2,1H3;1H/t10-,13-,15-,17-,22+,27-;;/m0../s1. The molecule has 14 heteroatoms. The molecule has 1 saturated heterocycles. The third kappa shape index (κ3) is 5.87. The normalized spacial score (nSPS) is 27.5. The predicted octanol–water partition coefficient (Wildman–Crippen LogP) is 0.422. The topological polar surface area (TPSA) is 226 Å². The highest BCUT2D eigenvalue weighted by atomic mass is 35.5. The summed E-state index contributed by atoms with van der Waals surface area (Å²) in [6.07, 6.45) is -5.12. The second-order valence-corrected chi connectivity index (χ2v) is 10.5. The fraction of sp³-hybridized carbons (Fsp3) is 0.483. The van der Waals surface area contributed by atoms with Crippen molar-refractivity contribution >= 4 is 29.8 Å². The molecule has 0 aromatic heterocycles. The van der Waals surface area contributed by atoms with E-state index in [1.165, 1.54) is 25.3 Å². The van der Waals surface area contributed by atoms with Crippen LogP contribution in [0.4, 0.5) is 0 Å². The molecule has 0 saturated carbocycles. The monoisotopic (exact) mass is 625 g/mol. The molecule has 8 N–H and O–H groups in total. The van der Waals surface area contributed by atoms with E-state index in [-0.39, 0.29) is 53.4 Å². The van der Waals surface area contributed by atoms with Crippen molar-refractivity contribution in [2.45, 2.75) is 69.4 Å². The number of nitrogens with two attached hydrogens (primary N) is 1. The second kappa shape index (κ2) is 13.2. The summed E-state index contributed by atoms with van der Waals surface area (Å²) in [7, 11) is 1.32. The van der Waals surface area contributed by atoms with Crippen LogP contribution in [-0.4, -0.2) is 98.5 Å². The lowest BCUT2D eigenvalue weighted by Crippen LogP contribution is -2.53. The lowest BCUT2D eigenvalue weighted by Gasteiger charge is -2.42. The van der Waals surface area contributed by atoms with Crippen LogP contribution >= 0.6 is 12.4 Å². The van der Waals surface area contributed by atoms with E-state index in [1.54, 1.807) is 13.8 Å². The number of halogens is 1. The van der Waals surface area contributed by atoms with E-state index in [2.05, 4.69) is 0 Å². The molecule has 0 unspecified atom stereocenters. The Labute approximate surface area is 253 Å². The summed E-state index contributed by atoms with van der Waals surface area (Å²) in [4.78, 5) is 39.7. The van der Waals surface area contributed by atoms with Crippen LogP contribution in [-0.2, 0) is 20.7 Å². The van der Waals surface area contributed by atoms with Gasteiger partial charge in [0.2, 0.25) is 5.78 Å². The average molecular weight is 626 g/mol. The number of carbonyl (C=O) groups is 3. The number of phenols is 2. The van der Waals surface area contributed by atoms with Gasteiger partial charge in [0.1, 0.15) is 29.5 Å². The van der Waals surface area contributed by atoms with Gasteiger partial charge in [-0.2, -0.15) is 0 Å². The highest BCUT2D eigenvalue weighted by Gasteiger charge is 2.50. The van der Waals surface area contributed by atoms with Crippen LogP contribution < -0.4 is 10.5 Å². The third-order valence-corrected chi connectivity index (χ3v) is 7.81. The first-order chi connectivity index (χ1) is 19.8. The number of benzene rings is 2. The summed E-state index contributed by atoms with van der Waals surface area (Å²) >= 11 is 0. The molecule has 43 heavy (non-hydrogen) atoms. The molecule has 1 aliphatic heterocycles. The molecule has 6 atom stereocenters. The van der Waals surface area contributed by atoms with E-state index in [1.807, 2.05) is 0 Å². The Morgan fingerprint density at radius 1 is 1.12 bits per heavy atom. The molecule has 0 spiro atoms. The Morgan fingerprint density at radius 3 is 2.33 bits per heavy atom. The molecule has 0 amide bonds. The van der Waals surface area contributed by atoms with Gasteiger partial charge in [-0.1, -0.05) is 12.1 Å². The summed E-state index contributed by atoms with van der Waals surface area (Å²) in [5.74, 6) is -3.77. The molecule has 1 fully saturated rings. The van der Waals surface area contributed by atoms with Crippen molar-refractivity contribution in [3.8, 4) is 17.2 Å². The first-order valence-corrected chi connectivity index (χ1v) is 13.4. The summed E-state index contributed by atoms with van der Waals surface area (Å²) in [5.41, 5.74) is 2.37. The van der Waals surface area contributed by atoms with Crippen molar-refractivity contribution in [2.75, 3.05) is 20.3 Å². The first kappa shape index (κ1) is 34.4. The number of aliphatic hydroxyl groups is 4. The van der Waals surface area contributed by atoms with Crippen LogP contribution in [0.3, 0.4) is 0 Å². The maximum Gasteiger partial charge on any atom is 0.202 e. The Hall–Kier alpha value is -3.14. The molecule has 0 radical (unpaired) electrons. The fourth-order valence-corrected chi connectivity index (χ4v) is 5.75. The molecule has 0 bridgehead atoms. The number of aliphatic hydroxyl groups excluding tert-OH is 3. The van der Waals surface area contributed by atoms with Gasteiger partial charge in [-0.3, -0.25) is 14.4 Å². The van der Waals surface area contributed by atoms with E-state index in [0.29, 0.717) is 0 Å². The number of fused-ring (bicyclic) bond motifs is 3. The number of ether oxygens (including phenoxy) is 3. The van der Waals surface area contributed by atoms with Gasteiger partial charge in [-0.25, -0.2) is 0 Å². The lowest BCUT2D eigenvalue weighted by atomic mass is 9.72. The summed E-state index contributed by atoms with van der Waals surface area (Å²) < 4.78 is 17.0. The van der Waals surface area contributed by atoms with Gasteiger partial charge >= 0.3 is 0 Å². The maximum atomic E-state index is 13.6. The van der Waals surface area contributed by atoms with Crippen LogP contribution in [0.2, 0.25) is 0 Å². The number of aromatic hydroxyl groups is 2. The summed E-state index contributed by atoms with van der Waals surface area (Å²) in [6.45, 7) is 2.49. The number of Topliss-reactive ketones (excluding diaryl/α,β-unsaturated/α-hetero) is 1. The molecule has 2 aliphatic carbocycles. The molecule has 13 nitrogen and oxygen atoms in total. The number of methoxy groups -OCH3 is 1. The minimum absolute atomic E-state index is 0. The number of ketones is 3. The number of rotatable bonds is 5. The van der Waals surface area contributed by atoms with Gasteiger partial charge in [0.05, 0.1) is 42.1 Å². The van der Waals surface area contributed by atoms with Crippen molar-refractivity contribution in [3.63, 3.8) is 0 Å². The first-order valence-electron chi connectivity index (χ1n) is 13.4. The minimum Gasteiger partial charge on any atom is -0.507 e. The highest BCUT2D eigenvalue weighted by Crippen LogP contribution is 2.52. The van der Waals surface area contributed by atoms with Crippen molar-refractivity contribution in [1.29, 1.82) is 0 Å². The molecular formula is C29H36ClNO12.